The lowest BCUT2D eigenvalue weighted by Gasteiger charge is -2.03. The molecule has 1 N–H and O–H groups in total. The van der Waals surface area contributed by atoms with Gasteiger partial charge < -0.3 is 5.11 Å². The van der Waals surface area contributed by atoms with Crippen molar-refractivity contribution >= 4 is 11.6 Å². The first-order valence-electron chi connectivity index (χ1n) is 4.70. The fourth-order valence-electron chi connectivity index (χ4n) is 1.46. The van der Waals surface area contributed by atoms with E-state index in [4.69, 9.17) is 16.9 Å². The van der Waals surface area contributed by atoms with Crippen LogP contribution in [0.5, 0.6) is 5.75 Å². The molecule has 0 aliphatic carbocycles. The second-order valence-electron chi connectivity index (χ2n) is 3.36. The van der Waals surface area contributed by atoms with E-state index in [-0.39, 0.29) is 5.75 Å². The molecule has 0 spiro atoms. The van der Waals surface area contributed by atoms with Crippen LogP contribution in [0, 0.1) is 11.3 Å². The van der Waals surface area contributed by atoms with Gasteiger partial charge in [0.25, 0.3) is 0 Å². The van der Waals surface area contributed by atoms with Crippen molar-refractivity contribution in [2.75, 3.05) is 0 Å². The summed E-state index contributed by atoms with van der Waals surface area (Å²) in [5, 5.41) is 18.6. The maximum atomic E-state index is 9.49. The summed E-state index contributed by atoms with van der Waals surface area (Å²) < 4.78 is 0. The van der Waals surface area contributed by atoms with Crippen LogP contribution in [0.1, 0.15) is 5.56 Å². The lowest BCUT2D eigenvalue weighted by molar-refractivity contribution is 0.476. The zero-order valence-corrected chi connectivity index (χ0v) is 9.07. The van der Waals surface area contributed by atoms with E-state index in [0.29, 0.717) is 10.6 Å². The van der Waals surface area contributed by atoms with Crippen LogP contribution < -0.4 is 0 Å². The molecule has 0 saturated heterocycles. The molecule has 2 aromatic carbocycles. The van der Waals surface area contributed by atoms with Crippen molar-refractivity contribution in [3.05, 3.63) is 53.1 Å². The lowest BCUT2D eigenvalue weighted by Crippen LogP contribution is -1.80. The van der Waals surface area contributed by atoms with Gasteiger partial charge in [-0.3, -0.25) is 0 Å². The third-order valence-electron chi connectivity index (χ3n) is 2.27. The molecule has 0 unspecified atom stereocenters. The summed E-state index contributed by atoms with van der Waals surface area (Å²) in [6.45, 7) is 0. The van der Waals surface area contributed by atoms with Crippen molar-refractivity contribution in [3.8, 4) is 22.9 Å². The standard InChI is InChI=1S/C13H8ClNO/c14-12-5-4-11(7-13(12)16)10-3-1-2-9(6-10)8-15/h1-7,16H. The Morgan fingerprint density at radius 3 is 2.50 bits per heavy atom. The third kappa shape index (κ3) is 2.00. The Labute approximate surface area is 98.3 Å². The highest BCUT2D eigenvalue weighted by Gasteiger charge is 2.03. The Morgan fingerprint density at radius 2 is 1.81 bits per heavy atom. The first-order chi connectivity index (χ1) is 7.70. The van der Waals surface area contributed by atoms with Crippen molar-refractivity contribution in [3.63, 3.8) is 0 Å². The zero-order chi connectivity index (χ0) is 11.5. The fourth-order valence-corrected chi connectivity index (χ4v) is 1.58. The number of nitrogens with zero attached hydrogens (tertiary/aromatic N) is 1. The molecule has 3 heteroatoms. The summed E-state index contributed by atoms with van der Waals surface area (Å²) in [6, 6.07) is 14.3. The smallest absolute Gasteiger partial charge is 0.134 e. The molecule has 0 amide bonds. The summed E-state index contributed by atoms with van der Waals surface area (Å²) in [7, 11) is 0. The van der Waals surface area contributed by atoms with Gasteiger partial charge in [0.05, 0.1) is 16.7 Å². The third-order valence-corrected chi connectivity index (χ3v) is 2.59. The zero-order valence-electron chi connectivity index (χ0n) is 8.31. The molecule has 78 valence electrons. The normalized spacial score (nSPS) is 9.75. The topological polar surface area (TPSA) is 44.0 Å². The summed E-state index contributed by atoms with van der Waals surface area (Å²) >= 11 is 5.72. The van der Waals surface area contributed by atoms with Crippen LogP contribution in [0.2, 0.25) is 5.02 Å². The van der Waals surface area contributed by atoms with Crippen molar-refractivity contribution in [1.82, 2.24) is 0 Å². The van der Waals surface area contributed by atoms with Gasteiger partial charge in [0, 0.05) is 0 Å². The fraction of sp³-hybridized carbons (Fsp3) is 0. The molecule has 0 aromatic heterocycles. The van der Waals surface area contributed by atoms with E-state index in [1.54, 1.807) is 36.4 Å². The van der Waals surface area contributed by atoms with Gasteiger partial charge >= 0.3 is 0 Å². The van der Waals surface area contributed by atoms with E-state index < -0.39 is 0 Å². The van der Waals surface area contributed by atoms with Crippen molar-refractivity contribution in [2.24, 2.45) is 0 Å². The van der Waals surface area contributed by atoms with Crippen LogP contribution in [0.4, 0.5) is 0 Å². The predicted molar refractivity (Wildman–Crippen MR) is 63.3 cm³/mol. The lowest BCUT2D eigenvalue weighted by atomic mass is 10.0. The molecule has 0 atom stereocenters. The minimum atomic E-state index is 0.0431. The van der Waals surface area contributed by atoms with E-state index in [2.05, 4.69) is 6.07 Å². The van der Waals surface area contributed by atoms with Gasteiger partial charge in [-0.15, -0.1) is 0 Å². The first kappa shape index (κ1) is 10.5. The monoisotopic (exact) mass is 229 g/mol. The number of aromatic hydroxyl groups is 1. The molecule has 0 bridgehead atoms. The highest BCUT2D eigenvalue weighted by molar-refractivity contribution is 6.32. The van der Waals surface area contributed by atoms with Crippen molar-refractivity contribution in [2.45, 2.75) is 0 Å². The Bertz CT molecular complexity index is 572. The highest BCUT2D eigenvalue weighted by atomic mass is 35.5. The van der Waals surface area contributed by atoms with E-state index in [1.807, 2.05) is 6.07 Å². The minimum absolute atomic E-state index is 0.0431. The maximum Gasteiger partial charge on any atom is 0.134 e. The number of benzene rings is 2. The number of hydrogen-bond donors (Lipinski definition) is 1. The molecule has 0 aliphatic heterocycles. The molecular weight excluding hydrogens is 222 g/mol. The average molecular weight is 230 g/mol. The van der Waals surface area contributed by atoms with Crippen molar-refractivity contribution < 1.29 is 5.11 Å². The largest absolute Gasteiger partial charge is 0.506 e. The Kier molecular flexibility index (Phi) is 2.80. The molecule has 0 saturated carbocycles. The summed E-state index contributed by atoms with van der Waals surface area (Å²) in [5.74, 6) is 0.0431. The minimum Gasteiger partial charge on any atom is -0.506 e. The SMILES string of the molecule is N#Cc1cccc(-c2ccc(Cl)c(O)c2)c1. The maximum absolute atomic E-state index is 9.49. The first-order valence-corrected chi connectivity index (χ1v) is 5.07. The number of hydrogen-bond acceptors (Lipinski definition) is 2. The molecular formula is C13H8ClNO. The van der Waals surface area contributed by atoms with Gasteiger partial charge in [0.1, 0.15) is 5.75 Å². The number of phenolic OH excluding ortho intramolecular Hbond substituents is 1. The van der Waals surface area contributed by atoms with Gasteiger partial charge in [-0.25, -0.2) is 0 Å². The second kappa shape index (κ2) is 4.26. The molecule has 2 aromatic rings. The van der Waals surface area contributed by atoms with E-state index >= 15 is 0 Å². The van der Waals surface area contributed by atoms with Crippen molar-refractivity contribution in [1.29, 1.82) is 5.26 Å². The summed E-state index contributed by atoms with van der Waals surface area (Å²) in [4.78, 5) is 0. The van der Waals surface area contributed by atoms with Gasteiger partial charge in [0.15, 0.2) is 0 Å². The Balaban J connectivity index is 2.51. The summed E-state index contributed by atoms with van der Waals surface area (Å²) in [5.41, 5.74) is 2.30. The predicted octanol–water partition coefficient (Wildman–Crippen LogP) is 3.58. The second-order valence-corrected chi connectivity index (χ2v) is 3.77. The molecule has 16 heavy (non-hydrogen) atoms. The molecule has 2 nitrogen and oxygen atoms in total. The molecule has 0 radical (unpaired) electrons. The van der Waals surface area contributed by atoms with Crippen LogP contribution in [-0.2, 0) is 0 Å². The van der Waals surface area contributed by atoms with Gasteiger partial charge in [-0.2, -0.15) is 5.26 Å². The molecule has 0 fully saturated rings. The number of phenols is 1. The van der Waals surface area contributed by atoms with Crippen LogP contribution in [0.25, 0.3) is 11.1 Å². The highest BCUT2D eigenvalue weighted by Crippen LogP contribution is 2.29. The van der Waals surface area contributed by atoms with Gasteiger partial charge in [-0.1, -0.05) is 29.8 Å². The summed E-state index contributed by atoms with van der Waals surface area (Å²) in [6.07, 6.45) is 0. The van der Waals surface area contributed by atoms with Crippen LogP contribution in [0.15, 0.2) is 42.5 Å². The van der Waals surface area contributed by atoms with E-state index in [9.17, 15) is 5.11 Å². The molecule has 2 rings (SSSR count). The van der Waals surface area contributed by atoms with Crippen LogP contribution in [-0.4, -0.2) is 5.11 Å². The van der Waals surface area contributed by atoms with Crippen LogP contribution >= 0.6 is 11.6 Å². The van der Waals surface area contributed by atoms with Gasteiger partial charge in [-0.05, 0) is 35.4 Å². The molecule has 0 heterocycles. The van der Waals surface area contributed by atoms with Crippen LogP contribution in [0.3, 0.4) is 0 Å². The number of halogens is 1. The molecule has 0 aliphatic rings. The van der Waals surface area contributed by atoms with Gasteiger partial charge in [0.2, 0.25) is 0 Å². The van der Waals surface area contributed by atoms with E-state index in [0.717, 1.165) is 11.1 Å². The Hall–Kier alpha value is -1.98. The Morgan fingerprint density at radius 1 is 1.06 bits per heavy atom. The average Bonchev–Trinajstić information content (AvgIpc) is 2.33. The number of rotatable bonds is 1. The quantitative estimate of drug-likeness (QED) is 0.812. The van der Waals surface area contributed by atoms with E-state index in [1.165, 1.54) is 0 Å². The number of nitriles is 1.